The average Bonchev–Trinajstić information content (AvgIpc) is 2.48. The lowest BCUT2D eigenvalue weighted by molar-refractivity contribution is 0.0695. The standard InChI is InChI=1S/C9H10N2O2.2ClH/c10-7-2-1-5-6(9(12)13)3-4-11-8(5)7;;/h3-4,7H,1-2,10H2,(H,12,13);2*1H. The molecule has 1 aliphatic carbocycles. The zero-order chi connectivity index (χ0) is 9.42. The molecule has 0 amide bonds. The molecular formula is C9H12Cl2N2O2. The Morgan fingerprint density at radius 1 is 1.53 bits per heavy atom. The van der Waals surface area contributed by atoms with Gasteiger partial charge in [-0.3, -0.25) is 4.98 Å². The quantitative estimate of drug-likeness (QED) is 0.794. The highest BCUT2D eigenvalue weighted by Gasteiger charge is 2.24. The van der Waals surface area contributed by atoms with Crippen LogP contribution >= 0.6 is 24.8 Å². The number of carbonyl (C=O) groups is 1. The minimum absolute atomic E-state index is 0. The molecule has 1 unspecified atom stereocenters. The highest BCUT2D eigenvalue weighted by molar-refractivity contribution is 5.89. The van der Waals surface area contributed by atoms with Gasteiger partial charge in [-0.15, -0.1) is 24.8 Å². The smallest absolute Gasteiger partial charge is 0.336 e. The van der Waals surface area contributed by atoms with E-state index >= 15 is 0 Å². The van der Waals surface area contributed by atoms with Crippen molar-refractivity contribution in [2.45, 2.75) is 18.9 Å². The summed E-state index contributed by atoms with van der Waals surface area (Å²) in [6.45, 7) is 0. The Hall–Kier alpha value is -0.840. The van der Waals surface area contributed by atoms with Crippen molar-refractivity contribution < 1.29 is 9.90 Å². The van der Waals surface area contributed by atoms with Gasteiger partial charge in [0.2, 0.25) is 0 Å². The number of fused-ring (bicyclic) bond motifs is 1. The van der Waals surface area contributed by atoms with Crippen molar-refractivity contribution in [3.63, 3.8) is 0 Å². The number of rotatable bonds is 1. The average molecular weight is 251 g/mol. The Balaban J connectivity index is 0.000000980. The number of carboxylic acids is 1. The minimum atomic E-state index is -0.896. The Morgan fingerprint density at radius 2 is 2.20 bits per heavy atom. The van der Waals surface area contributed by atoms with Gasteiger partial charge in [-0.05, 0) is 24.5 Å². The van der Waals surface area contributed by atoms with E-state index in [0.717, 1.165) is 24.1 Å². The highest BCUT2D eigenvalue weighted by atomic mass is 35.5. The van der Waals surface area contributed by atoms with Crippen molar-refractivity contribution in [1.82, 2.24) is 4.98 Å². The molecule has 1 aromatic rings. The van der Waals surface area contributed by atoms with Crippen LogP contribution in [0.1, 0.15) is 34.1 Å². The van der Waals surface area contributed by atoms with E-state index in [1.807, 2.05) is 0 Å². The summed E-state index contributed by atoms with van der Waals surface area (Å²) >= 11 is 0. The van der Waals surface area contributed by atoms with E-state index in [-0.39, 0.29) is 30.9 Å². The summed E-state index contributed by atoms with van der Waals surface area (Å²) in [6.07, 6.45) is 3.03. The number of hydrogen-bond acceptors (Lipinski definition) is 3. The van der Waals surface area contributed by atoms with Crippen molar-refractivity contribution in [2.75, 3.05) is 0 Å². The third kappa shape index (κ3) is 2.40. The van der Waals surface area contributed by atoms with Gasteiger partial charge in [0.15, 0.2) is 0 Å². The van der Waals surface area contributed by atoms with Crippen LogP contribution in [0.3, 0.4) is 0 Å². The third-order valence-corrected chi connectivity index (χ3v) is 2.38. The first-order valence-electron chi connectivity index (χ1n) is 4.17. The maximum atomic E-state index is 10.8. The van der Waals surface area contributed by atoms with Gasteiger partial charge in [-0.1, -0.05) is 0 Å². The molecule has 0 aliphatic heterocycles. The van der Waals surface area contributed by atoms with E-state index in [1.165, 1.54) is 12.3 Å². The number of nitrogens with zero attached hydrogens (tertiary/aromatic N) is 1. The number of pyridine rings is 1. The van der Waals surface area contributed by atoms with Gasteiger partial charge in [0.25, 0.3) is 0 Å². The molecule has 1 heterocycles. The van der Waals surface area contributed by atoms with Gasteiger partial charge in [0.05, 0.1) is 11.3 Å². The first-order valence-corrected chi connectivity index (χ1v) is 4.17. The molecule has 0 radical (unpaired) electrons. The largest absolute Gasteiger partial charge is 0.478 e. The van der Waals surface area contributed by atoms with Crippen LogP contribution < -0.4 is 5.73 Å². The van der Waals surface area contributed by atoms with Crippen LogP contribution in [-0.4, -0.2) is 16.1 Å². The molecule has 84 valence electrons. The number of nitrogens with two attached hydrogens (primary N) is 1. The lowest BCUT2D eigenvalue weighted by Gasteiger charge is -2.04. The van der Waals surface area contributed by atoms with Crippen molar-refractivity contribution in [2.24, 2.45) is 5.73 Å². The number of hydrogen-bond donors (Lipinski definition) is 2. The summed E-state index contributed by atoms with van der Waals surface area (Å²) in [5, 5.41) is 8.87. The molecule has 15 heavy (non-hydrogen) atoms. The Labute approximate surface area is 99.7 Å². The summed E-state index contributed by atoms with van der Waals surface area (Å²) < 4.78 is 0. The first-order chi connectivity index (χ1) is 6.20. The summed E-state index contributed by atoms with van der Waals surface area (Å²) in [4.78, 5) is 14.9. The van der Waals surface area contributed by atoms with Crippen LogP contribution in [0.5, 0.6) is 0 Å². The van der Waals surface area contributed by atoms with Gasteiger partial charge < -0.3 is 10.8 Å². The van der Waals surface area contributed by atoms with Crippen LogP contribution in [0.2, 0.25) is 0 Å². The molecule has 0 aromatic carbocycles. The summed E-state index contributed by atoms with van der Waals surface area (Å²) in [6, 6.07) is 1.44. The normalized spacial score (nSPS) is 17.3. The fourth-order valence-electron chi connectivity index (χ4n) is 1.73. The second-order valence-corrected chi connectivity index (χ2v) is 3.17. The van der Waals surface area contributed by atoms with Crippen LogP contribution in [0, 0.1) is 0 Å². The molecule has 1 atom stereocenters. The molecular weight excluding hydrogens is 239 g/mol. The number of aromatic carboxylic acids is 1. The molecule has 4 nitrogen and oxygen atoms in total. The van der Waals surface area contributed by atoms with Gasteiger partial charge in [-0.25, -0.2) is 4.79 Å². The lowest BCUT2D eigenvalue weighted by Crippen LogP contribution is -2.09. The van der Waals surface area contributed by atoms with Crippen LogP contribution in [0.25, 0.3) is 0 Å². The number of aromatic nitrogens is 1. The molecule has 0 saturated heterocycles. The van der Waals surface area contributed by atoms with E-state index in [0.29, 0.717) is 5.56 Å². The third-order valence-electron chi connectivity index (χ3n) is 2.38. The molecule has 2 rings (SSSR count). The van der Waals surface area contributed by atoms with E-state index in [2.05, 4.69) is 4.98 Å². The molecule has 0 fully saturated rings. The van der Waals surface area contributed by atoms with Crippen LogP contribution in [-0.2, 0) is 6.42 Å². The SMILES string of the molecule is Cl.Cl.NC1CCc2c(C(=O)O)ccnc21. The van der Waals surface area contributed by atoms with Gasteiger partial charge in [0, 0.05) is 12.2 Å². The molecule has 0 spiro atoms. The topological polar surface area (TPSA) is 76.2 Å². The van der Waals surface area contributed by atoms with Crippen molar-refractivity contribution in [3.8, 4) is 0 Å². The maximum Gasteiger partial charge on any atom is 0.336 e. The zero-order valence-electron chi connectivity index (χ0n) is 7.84. The molecule has 3 N–H and O–H groups in total. The molecule has 1 aromatic heterocycles. The zero-order valence-corrected chi connectivity index (χ0v) is 9.48. The van der Waals surface area contributed by atoms with Gasteiger partial charge in [-0.2, -0.15) is 0 Å². The summed E-state index contributed by atoms with van der Waals surface area (Å²) in [5.74, 6) is -0.896. The summed E-state index contributed by atoms with van der Waals surface area (Å²) in [7, 11) is 0. The Bertz CT molecular complexity index is 371. The van der Waals surface area contributed by atoms with Gasteiger partial charge >= 0.3 is 5.97 Å². The second kappa shape index (κ2) is 5.30. The van der Waals surface area contributed by atoms with Gasteiger partial charge in [0.1, 0.15) is 0 Å². The first kappa shape index (κ1) is 14.2. The molecule has 1 aliphatic rings. The highest BCUT2D eigenvalue weighted by Crippen LogP contribution is 2.29. The van der Waals surface area contributed by atoms with E-state index in [4.69, 9.17) is 10.8 Å². The van der Waals surface area contributed by atoms with Crippen molar-refractivity contribution in [3.05, 3.63) is 29.1 Å². The molecule has 6 heteroatoms. The van der Waals surface area contributed by atoms with E-state index in [1.54, 1.807) is 0 Å². The summed E-state index contributed by atoms with van der Waals surface area (Å²) in [5.41, 5.74) is 7.66. The predicted octanol–water partition coefficient (Wildman–Crippen LogP) is 1.57. The fraction of sp³-hybridized carbons (Fsp3) is 0.333. The maximum absolute atomic E-state index is 10.8. The Morgan fingerprint density at radius 3 is 2.80 bits per heavy atom. The number of carboxylic acid groups (broad SMARTS) is 1. The van der Waals surface area contributed by atoms with E-state index < -0.39 is 5.97 Å². The van der Waals surface area contributed by atoms with Crippen LogP contribution in [0.15, 0.2) is 12.3 Å². The van der Waals surface area contributed by atoms with Crippen LogP contribution in [0.4, 0.5) is 0 Å². The second-order valence-electron chi connectivity index (χ2n) is 3.17. The van der Waals surface area contributed by atoms with Crippen molar-refractivity contribution >= 4 is 30.8 Å². The monoisotopic (exact) mass is 250 g/mol. The minimum Gasteiger partial charge on any atom is -0.478 e. The van der Waals surface area contributed by atoms with Crippen molar-refractivity contribution in [1.29, 1.82) is 0 Å². The Kier molecular flexibility index (Phi) is 5.00. The number of halogens is 2. The molecule has 0 saturated carbocycles. The van der Waals surface area contributed by atoms with E-state index in [9.17, 15) is 4.79 Å². The lowest BCUT2D eigenvalue weighted by atomic mass is 10.1. The predicted molar refractivity (Wildman–Crippen MR) is 60.9 cm³/mol. The fourth-order valence-corrected chi connectivity index (χ4v) is 1.73. The molecule has 0 bridgehead atoms.